The summed E-state index contributed by atoms with van der Waals surface area (Å²) in [4.78, 5) is 11.2. The van der Waals surface area contributed by atoms with Gasteiger partial charge in [0.05, 0.1) is 25.9 Å². The van der Waals surface area contributed by atoms with Crippen molar-refractivity contribution in [1.29, 1.82) is 0 Å². The summed E-state index contributed by atoms with van der Waals surface area (Å²) in [5.74, 6) is 0.122. The summed E-state index contributed by atoms with van der Waals surface area (Å²) in [6, 6.07) is 4.79. The Kier molecular flexibility index (Phi) is 3.68. The van der Waals surface area contributed by atoms with E-state index in [1.807, 2.05) is 0 Å². The van der Waals surface area contributed by atoms with Crippen LogP contribution in [-0.2, 0) is 4.74 Å². The number of carbonyl (C=O) groups is 1. The number of esters is 1. The van der Waals surface area contributed by atoms with Gasteiger partial charge in [0.1, 0.15) is 5.75 Å². The molecule has 0 saturated heterocycles. The maximum Gasteiger partial charge on any atom is 0.337 e. The van der Waals surface area contributed by atoms with Gasteiger partial charge < -0.3 is 14.6 Å². The van der Waals surface area contributed by atoms with E-state index in [9.17, 15) is 9.90 Å². The number of aliphatic hydroxyl groups excluding tert-OH is 1. The van der Waals surface area contributed by atoms with E-state index < -0.39 is 12.1 Å². The second-order valence-electron chi connectivity index (χ2n) is 3.12. The van der Waals surface area contributed by atoms with Crippen LogP contribution in [0, 0.1) is 0 Å². The third-order valence-electron chi connectivity index (χ3n) is 2.10. The average Bonchev–Trinajstić information content (AvgIpc) is 2.27. The van der Waals surface area contributed by atoms with Crippen LogP contribution in [0.25, 0.3) is 0 Å². The fourth-order valence-corrected chi connectivity index (χ4v) is 1.31. The molecule has 1 aromatic rings. The van der Waals surface area contributed by atoms with Gasteiger partial charge in [0.2, 0.25) is 0 Å². The van der Waals surface area contributed by atoms with Crippen molar-refractivity contribution >= 4 is 5.97 Å². The Morgan fingerprint density at radius 1 is 1.40 bits per heavy atom. The molecule has 0 heterocycles. The minimum atomic E-state index is -0.690. The Labute approximate surface area is 88.4 Å². The summed E-state index contributed by atoms with van der Waals surface area (Å²) < 4.78 is 9.65. The smallest absolute Gasteiger partial charge is 0.337 e. The molecule has 0 amide bonds. The van der Waals surface area contributed by atoms with Gasteiger partial charge in [0.15, 0.2) is 0 Å². The normalized spacial score (nSPS) is 12.0. The summed E-state index contributed by atoms with van der Waals surface area (Å²) in [7, 11) is 2.83. The average molecular weight is 210 g/mol. The lowest BCUT2D eigenvalue weighted by atomic mass is 10.1. The molecule has 0 radical (unpaired) electrons. The Balaban J connectivity index is 3.16. The molecule has 1 atom stereocenters. The van der Waals surface area contributed by atoms with E-state index in [1.165, 1.54) is 14.2 Å². The van der Waals surface area contributed by atoms with Gasteiger partial charge in [-0.3, -0.25) is 0 Å². The molecule has 0 aromatic heterocycles. The summed E-state index contributed by atoms with van der Waals surface area (Å²) in [6.45, 7) is 1.61. The first kappa shape index (κ1) is 11.5. The van der Waals surface area contributed by atoms with Crippen molar-refractivity contribution in [2.24, 2.45) is 0 Å². The highest BCUT2D eigenvalue weighted by molar-refractivity contribution is 5.89. The summed E-state index contributed by atoms with van der Waals surface area (Å²) in [5.41, 5.74) is 0.967. The topological polar surface area (TPSA) is 55.8 Å². The highest BCUT2D eigenvalue weighted by Crippen LogP contribution is 2.26. The van der Waals surface area contributed by atoms with Crippen LogP contribution < -0.4 is 4.74 Å². The molecule has 0 spiro atoms. The van der Waals surface area contributed by atoms with E-state index >= 15 is 0 Å². The first-order chi connectivity index (χ1) is 7.10. The summed E-state index contributed by atoms with van der Waals surface area (Å²) in [5, 5.41) is 9.48. The van der Waals surface area contributed by atoms with Crippen LogP contribution in [0.4, 0.5) is 0 Å². The number of methoxy groups -OCH3 is 2. The quantitative estimate of drug-likeness (QED) is 0.769. The molecule has 0 aliphatic heterocycles. The molecule has 0 aliphatic carbocycles. The van der Waals surface area contributed by atoms with Crippen LogP contribution in [-0.4, -0.2) is 25.3 Å². The number of benzene rings is 1. The number of aliphatic hydroxyl groups is 1. The van der Waals surface area contributed by atoms with Gasteiger partial charge >= 0.3 is 5.97 Å². The zero-order valence-corrected chi connectivity index (χ0v) is 8.98. The van der Waals surface area contributed by atoms with Gasteiger partial charge in [-0.2, -0.15) is 0 Å². The first-order valence-electron chi connectivity index (χ1n) is 4.54. The Morgan fingerprint density at radius 2 is 2.07 bits per heavy atom. The van der Waals surface area contributed by atoms with Gasteiger partial charge in [-0.1, -0.05) is 0 Å². The Bertz CT molecular complexity index is 358. The van der Waals surface area contributed by atoms with E-state index in [2.05, 4.69) is 4.74 Å². The lowest BCUT2D eigenvalue weighted by Crippen LogP contribution is -2.04. The number of hydrogen-bond donors (Lipinski definition) is 1. The third-order valence-corrected chi connectivity index (χ3v) is 2.10. The van der Waals surface area contributed by atoms with Gasteiger partial charge in [-0.25, -0.2) is 4.79 Å². The number of carbonyl (C=O) groups excluding carboxylic acids is 1. The van der Waals surface area contributed by atoms with Crippen LogP contribution in [0.3, 0.4) is 0 Å². The van der Waals surface area contributed by atoms with Gasteiger partial charge in [-0.15, -0.1) is 0 Å². The minimum Gasteiger partial charge on any atom is -0.496 e. The molecule has 1 aromatic carbocycles. The standard InChI is InChI=1S/C11H14O4/c1-7(12)9-6-8(11(13)15-3)4-5-10(9)14-2/h4-7,12H,1-3H3/t7-/m0/s1. The number of rotatable bonds is 3. The van der Waals surface area contributed by atoms with Crippen molar-refractivity contribution in [1.82, 2.24) is 0 Å². The van der Waals surface area contributed by atoms with Crippen molar-refractivity contribution in [3.05, 3.63) is 29.3 Å². The molecule has 0 aliphatic rings. The fraction of sp³-hybridized carbons (Fsp3) is 0.364. The monoisotopic (exact) mass is 210 g/mol. The molecular weight excluding hydrogens is 196 g/mol. The highest BCUT2D eigenvalue weighted by atomic mass is 16.5. The zero-order valence-electron chi connectivity index (χ0n) is 8.98. The van der Waals surface area contributed by atoms with Crippen LogP contribution >= 0.6 is 0 Å². The van der Waals surface area contributed by atoms with Gasteiger partial charge in [-0.05, 0) is 25.1 Å². The molecule has 4 nitrogen and oxygen atoms in total. The van der Waals surface area contributed by atoms with Crippen LogP contribution in [0.2, 0.25) is 0 Å². The number of ether oxygens (including phenoxy) is 2. The first-order valence-corrected chi connectivity index (χ1v) is 4.54. The summed E-state index contributed by atoms with van der Waals surface area (Å²) >= 11 is 0. The van der Waals surface area contributed by atoms with Crippen molar-refractivity contribution in [3.63, 3.8) is 0 Å². The second-order valence-corrected chi connectivity index (χ2v) is 3.12. The molecular formula is C11H14O4. The molecule has 0 unspecified atom stereocenters. The van der Waals surface area contributed by atoms with Gasteiger partial charge in [0.25, 0.3) is 0 Å². The Morgan fingerprint density at radius 3 is 2.53 bits per heavy atom. The van der Waals surface area contributed by atoms with Crippen molar-refractivity contribution in [2.45, 2.75) is 13.0 Å². The summed E-state index contributed by atoms with van der Waals surface area (Å²) in [6.07, 6.45) is -0.690. The van der Waals surface area contributed by atoms with E-state index in [0.29, 0.717) is 16.9 Å². The van der Waals surface area contributed by atoms with Crippen molar-refractivity contribution in [3.8, 4) is 5.75 Å². The molecule has 82 valence electrons. The maximum atomic E-state index is 11.2. The molecule has 1 rings (SSSR count). The highest BCUT2D eigenvalue weighted by Gasteiger charge is 2.13. The molecule has 0 saturated carbocycles. The Hall–Kier alpha value is -1.55. The fourth-order valence-electron chi connectivity index (χ4n) is 1.31. The van der Waals surface area contributed by atoms with Crippen LogP contribution in [0.1, 0.15) is 28.9 Å². The number of hydrogen-bond acceptors (Lipinski definition) is 4. The predicted molar refractivity (Wildman–Crippen MR) is 55.0 cm³/mol. The van der Waals surface area contributed by atoms with Crippen molar-refractivity contribution in [2.75, 3.05) is 14.2 Å². The predicted octanol–water partition coefficient (Wildman–Crippen LogP) is 1.54. The lowest BCUT2D eigenvalue weighted by Gasteiger charge is -2.11. The van der Waals surface area contributed by atoms with E-state index in [0.717, 1.165) is 0 Å². The molecule has 4 heteroatoms. The van der Waals surface area contributed by atoms with Crippen LogP contribution in [0.5, 0.6) is 5.75 Å². The van der Waals surface area contributed by atoms with Crippen LogP contribution in [0.15, 0.2) is 18.2 Å². The lowest BCUT2D eigenvalue weighted by molar-refractivity contribution is 0.0600. The molecule has 1 N–H and O–H groups in total. The molecule has 0 bridgehead atoms. The second kappa shape index (κ2) is 4.79. The van der Waals surface area contributed by atoms with E-state index in [1.54, 1.807) is 25.1 Å². The minimum absolute atomic E-state index is 0.397. The maximum absolute atomic E-state index is 11.2. The van der Waals surface area contributed by atoms with E-state index in [4.69, 9.17) is 4.74 Å². The molecule has 15 heavy (non-hydrogen) atoms. The SMILES string of the molecule is COC(=O)c1ccc(OC)c([C@H](C)O)c1. The molecule has 0 fully saturated rings. The largest absolute Gasteiger partial charge is 0.496 e. The van der Waals surface area contributed by atoms with E-state index in [-0.39, 0.29) is 0 Å². The van der Waals surface area contributed by atoms with Gasteiger partial charge in [0, 0.05) is 5.56 Å². The zero-order chi connectivity index (χ0) is 11.4. The van der Waals surface area contributed by atoms with Crippen molar-refractivity contribution < 1.29 is 19.4 Å². The third kappa shape index (κ3) is 2.47.